The zero-order valence-corrected chi connectivity index (χ0v) is 12.4. The molecule has 0 amide bonds. The number of nitrogens with one attached hydrogen (secondary N) is 1. The molecule has 0 aliphatic rings. The number of aliphatic hydroxyl groups excluding tert-OH is 1. The molecule has 0 bridgehead atoms. The summed E-state index contributed by atoms with van der Waals surface area (Å²) in [6.07, 6.45) is 2.46. The topological polar surface area (TPSA) is 45.1 Å². The minimum absolute atomic E-state index is 0.0825. The van der Waals surface area contributed by atoms with Crippen molar-refractivity contribution in [3.63, 3.8) is 0 Å². The Morgan fingerprint density at radius 2 is 2.14 bits per heavy atom. The van der Waals surface area contributed by atoms with E-state index in [1.807, 2.05) is 18.2 Å². The van der Waals surface area contributed by atoms with Gasteiger partial charge in [0.15, 0.2) is 0 Å². The maximum atomic E-state index is 12.9. The quantitative estimate of drug-likeness (QED) is 0.827. The van der Waals surface area contributed by atoms with Gasteiger partial charge in [-0.05, 0) is 42.2 Å². The van der Waals surface area contributed by atoms with E-state index < -0.39 is 0 Å². The number of hydrogen-bond donors (Lipinski definition) is 2. The van der Waals surface area contributed by atoms with Crippen molar-refractivity contribution < 1.29 is 9.50 Å². The number of pyridine rings is 1. The largest absolute Gasteiger partial charge is 0.396 e. The number of aromatic nitrogens is 1. The molecule has 0 aliphatic carbocycles. The predicted molar refractivity (Wildman–Crippen MR) is 81.6 cm³/mol. The van der Waals surface area contributed by atoms with Crippen LogP contribution in [0.5, 0.6) is 0 Å². The van der Waals surface area contributed by atoms with Crippen LogP contribution in [0.25, 0.3) is 0 Å². The van der Waals surface area contributed by atoms with Crippen LogP contribution in [0.15, 0.2) is 42.6 Å². The summed E-state index contributed by atoms with van der Waals surface area (Å²) in [7, 11) is 0. The van der Waals surface area contributed by atoms with Crippen LogP contribution in [0.1, 0.15) is 11.3 Å². The molecule has 0 fully saturated rings. The zero-order valence-electron chi connectivity index (χ0n) is 11.6. The average Bonchev–Trinajstić information content (AvgIpc) is 2.49. The maximum absolute atomic E-state index is 12.9. The molecule has 1 aromatic heterocycles. The molecule has 0 saturated carbocycles. The third-order valence-corrected chi connectivity index (χ3v) is 3.60. The Hall–Kier alpha value is -1.49. The first-order valence-electron chi connectivity index (χ1n) is 6.84. The molecule has 1 unspecified atom stereocenters. The summed E-state index contributed by atoms with van der Waals surface area (Å²) in [4.78, 5) is 4.25. The van der Waals surface area contributed by atoms with Gasteiger partial charge in [-0.15, -0.1) is 0 Å². The molecule has 2 N–H and O–H groups in total. The Labute approximate surface area is 128 Å². The highest BCUT2D eigenvalue weighted by atomic mass is 35.5. The van der Waals surface area contributed by atoms with Crippen molar-refractivity contribution in [3.05, 3.63) is 64.7 Å². The lowest BCUT2D eigenvalue weighted by Gasteiger charge is -2.15. The smallest absolute Gasteiger partial charge is 0.124 e. The fraction of sp³-hybridized carbons (Fsp3) is 0.312. The summed E-state index contributed by atoms with van der Waals surface area (Å²) in [6.45, 7) is 1.26. The molecule has 0 spiro atoms. The minimum Gasteiger partial charge on any atom is -0.396 e. The van der Waals surface area contributed by atoms with Crippen molar-refractivity contribution in [1.82, 2.24) is 10.3 Å². The van der Waals surface area contributed by atoms with Gasteiger partial charge in [-0.3, -0.25) is 4.98 Å². The number of benzene rings is 1. The molecular formula is C16H18ClFN2O. The van der Waals surface area contributed by atoms with Crippen LogP contribution >= 0.6 is 11.6 Å². The number of rotatable bonds is 7. The first-order valence-corrected chi connectivity index (χ1v) is 7.22. The lowest BCUT2D eigenvalue weighted by atomic mass is 10.0. The Morgan fingerprint density at radius 1 is 1.29 bits per heavy atom. The fourth-order valence-corrected chi connectivity index (χ4v) is 2.33. The van der Waals surface area contributed by atoms with Crippen molar-refractivity contribution >= 4 is 11.6 Å². The van der Waals surface area contributed by atoms with E-state index in [-0.39, 0.29) is 18.3 Å². The van der Waals surface area contributed by atoms with Gasteiger partial charge in [-0.25, -0.2) is 4.39 Å². The number of halogens is 2. The molecule has 2 aromatic rings. The number of hydrogen-bond acceptors (Lipinski definition) is 3. The van der Waals surface area contributed by atoms with Crippen molar-refractivity contribution in [2.24, 2.45) is 5.92 Å². The molecule has 2 rings (SSSR count). The van der Waals surface area contributed by atoms with E-state index in [0.717, 1.165) is 11.3 Å². The normalized spacial score (nSPS) is 12.3. The highest BCUT2D eigenvalue weighted by Gasteiger charge is 2.09. The standard InChI is InChI=1S/C16H18ClFN2O/c17-16-8-14(18)5-4-13(16)10-19-9-12(11-21)7-15-3-1-2-6-20-15/h1-6,8,12,19,21H,7,9-11H2. The molecule has 5 heteroatoms. The molecule has 0 saturated heterocycles. The summed E-state index contributed by atoms with van der Waals surface area (Å²) in [5.41, 5.74) is 1.80. The van der Waals surface area contributed by atoms with Gasteiger partial charge in [0.05, 0.1) is 0 Å². The van der Waals surface area contributed by atoms with Crippen LogP contribution < -0.4 is 5.32 Å². The monoisotopic (exact) mass is 308 g/mol. The SMILES string of the molecule is OCC(CNCc1ccc(F)cc1Cl)Cc1ccccn1. The van der Waals surface area contributed by atoms with E-state index in [9.17, 15) is 9.50 Å². The van der Waals surface area contributed by atoms with Gasteiger partial charge in [0.2, 0.25) is 0 Å². The van der Waals surface area contributed by atoms with Crippen molar-refractivity contribution in [1.29, 1.82) is 0 Å². The summed E-state index contributed by atoms with van der Waals surface area (Å²) < 4.78 is 12.9. The van der Waals surface area contributed by atoms with Gasteiger partial charge in [-0.1, -0.05) is 23.7 Å². The molecule has 1 aromatic carbocycles. The van der Waals surface area contributed by atoms with Gasteiger partial charge in [0.25, 0.3) is 0 Å². The minimum atomic E-state index is -0.341. The van der Waals surface area contributed by atoms with Gasteiger partial charge < -0.3 is 10.4 Å². The van der Waals surface area contributed by atoms with E-state index in [0.29, 0.717) is 24.5 Å². The van der Waals surface area contributed by atoms with Gasteiger partial charge in [0, 0.05) is 36.6 Å². The Balaban J connectivity index is 1.83. The number of aliphatic hydroxyl groups is 1. The average molecular weight is 309 g/mol. The molecule has 3 nitrogen and oxygen atoms in total. The van der Waals surface area contributed by atoms with Crippen molar-refractivity contribution in [2.45, 2.75) is 13.0 Å². The second kappa shape index (κ2) is 8.08. The van der Waals surface area contributed by atoms with E-state index in [1.54, 1.807) is 12.3 Å². The zero-order chi connectivity index (χ0) is 15.1. The lowest BCUT2D eigenvalue weighted by Crippen LogP contribution is -2.26. The summed E-state index contributed by atoms with van der Waals surface area (Å²) in [5, 5.41) is 13.1. The van der Waals surface area contributed by atoms with Crippen LogP contribution in [-0.4, -0.2) is 23.2 Å². The summed E-state index contributed by atoms with van der Waals surface area (Å²) in [5.74, 6) is -0.258. The second-order valence-corrected chi connectivity index (χ2v) is 5.35. The fourth-order valence-electron chi connectivity index (χ4n) is 2.09. The van der Waals surface area contributed by atoms with E-state index in [4.69, 9.17) is 11.6 Å². The first-order chi connectivity index (χ1) is 10.2. The van der Waals surface area contributed by atoms with E-state index in [1.165, 1.54) is 12.1 Å². The van der Waals surface area contributed by atoms with Crippen LogP contribution in [0.2, 0.25) is 5.02 Å². The molecule has 1 heterocycles. The van der Waals surface area contributed by atoms with Crippen molar-refractivity contribution in [2.75, 3.05) is 13.2 Å². The molecule has 112 valence electrons. The molecule has 21 heavy (non-hydrogen) atoms. The van der Waals surface area contributed by atoms with Crippen LogP contribution in [0.3, 0.4) is 0 Å². The molecule has 1 atom stereocenters. The van der Waals surface area contributed by atoms with E-state index in [2.05, 4.69) is 10.3 Å². The first kappa shape index (κ1) is 15.9. The van der Waals surface area contributed by atoms with Crippen LogP contribution in [0.4, 0.5) is 4.39 Å². The Morgan fingerprint density at radius 3 is 2.81 bits per heavy atom. The summed E-state index contributed by atoms with van der Waals surface area (Å²) in [6, 6.07) is 10.1. The third-order valence-electron chi connectivity index (χ3n) is 3.25. The van der Waals surface area contributed by atoms with Gasteiger partial charge in [0.1, 0.15) is 5.82 Å². The number of nitrogens with zero attached hydrogens (tertiary/aromatic N) is 1. The Bertz CT molecular complexity index is 565. The van der Waals surface area contributed by atoms with Gasteiger partial charge >= 0.3 is 0 Å². The third kappa shape index (κ3) is 5.08. The van der Waals surface area contributed by atoms with Crippen molar-refractivity contribution in [3.8, 4) is 0 Å². The molecular weight excluding hydrogens is 291 g/mol. The van der Waals surface area contributed by atoms with E-state index >= 15 is 0 Å². The maximum Gasteiger partial charge on any atom is 0.124 e. The van der Waals surface area contributed by atoms with Crippen LogP contribution in [0, 0.1) is 11.7 Å². The predicted octanol–water partition coefficient (Wildman–Crippen LogP) is 2.81. The van der Waals surface area contributed by atoms with Crippen LogP contribution in [-0.2, 0) is 13.0 Å². The molecule has 0 aliphatic heterocycles. The second-order valence-electron chi connectivity index (χ2n) is 4.94. The Kier molecular flexibility index (Phi) is 6.11. The van der Waals surface area contributed by atoms with Gasteiger partial charge in [-0.2, -0.15) is 0 Å². The highest BCUT2D eigenvalue weighted by molar-refractivity contribution is 6.31. The highest BCUT2D eigenvalue weighted by Crippen LogP contribution is 2.17. The lowest BCUT2D eigenvalue weighted by molar-refractivity contribution is 0.220. The summed E-state index contributed by atoms with van der Waals surface area (Å²) >= 11 is 5.97. The molecule has 0 radical (unpaired) electrons.